The number of fused-ring (bicyclic) bond motifs is 1. The average molecular weight is 654 g/mol. The van der Waals surface area contributed by atoms with Crippen LogP contribution in [-0.2, 0) is 28.8 Å². The van der Waals surface area contributed by atoms with Gasteiger partial charge < -0.3 is 25.7 Å². The first kappa shape index (κ1) is 31.1. The number of carbonyl (C=O) groups excluding carboxylic acids is 3. The van der Waals surface area contributed by atoms with Crippen molar-refractivity contribution in [2.75, 3.05) is 30.1 Å². The van der Waals surface area contributed by atoms with Crippen molar-refractivity contribution in [3.63, 3.8) is 0 Å². The van der Waals surface area contributed by atoms with Crippen molar-refractivity contribution in [1.82, 2.24) is 15.2 Å². The molecule has 12 nitrogen and oxygen atoms in total. The van der Waals surface area contributed by atoms with Crippen LogP contribution < -0.4 is 11.1 Å². The third-order valence-electron chi connectivity index (χ3n) is 6.63. The van der Waals surface area contributed by atoms with Crippen molar-refractivity contribution >= 4 is 69.5 Å². The van der Waals surface area contributed by atoms with Gasteiger partial charge in [0.15, 0.2) is 16.9 Å². The van der Waals surface area contributed by atoms with Crippen LogP contribution in [0.15, 0.2) is 82.5 Å². The summed E-state index contributed by atoms with van der Waals surface area (Å²) in [6.07, 6.45) is 1.16. The molecule has 2 atom stereocenters. The quantitative estimate of drug-likeness (QED) is 0.114. The van der Waals surface area contributed by atoms with Crippen molar-refractivity contribution in [2.24, 2.45) is 5.16 Å². The number of β-lactam (4-membered cyclic amide) rings is 1. The zero-order chi connectivity index (χ0) is 31.2. The highest BCUT2D eigenvalue weighted by molar-refractivity contribution is 8.00. The van der Waals surface area contributed by atoms with Gasteiger partial charge >= 0.3 is 11.9 Å². The monoisotopic (exact) mass is 653 g/mol. The molecule has 3 heterocycles. The topological polar surface area (TPSA) is 174 Å². The van der Waals surface area contributed by atoms with Crippen molar-refractivity contribution in [3.05, 3.63) is 94.1 Å². The van der Waals surface area contributed by atoms with Crippen molar-refractivity contribution in [1.29, 1.82) is 0 Å². The molecule has 1 unspecified atom stereocenters. The normalized spacial score (nSPS) is 18.0. The standard InChI is InChI=1S/C29H27N5O7S3/c1-42-13-18-14-43-27-22(26(37)34(27)23(18)28(38)39)32-25(36)21(19-15-44-29(30)31-19)33-40-12-20(35)41-24(16-8-4-2-5-9-16)17-10-6-3-7-11-17/h2-11,15,22,24,27H,12-14H2,1H3,(H2,30,31)(H,32,36)(H,38,39)/b33-21-/t22?,27-/m1/s1. The zero-order valence-electron chi connectivity index (χ0n) is 23.2. The van der Waals surface area contributed by atoms with Gasteiger partial charge in [0.05, 0.1) is 0 Å². The molecule has 3 aromatic rings. The van der Waals surface area contributed by atoms with Crippen LogP contribution in [0.5, 0.6) is 0 Å². The van der Waals surface area contributed by atoms with Crippen LogP contribution in [0, 0.1) is 0 Å². The van der Waals surface area contributed by atoms with Crippen LogP contribution in [-0.4, -0.2) is 80.2 Å². The molecule has 0 bridgehead atoms. The SMILES string of the molecule is CSCC1=C(C(=O)O)N2C(=O)C(NC(=O)/C(=N\OCC(=O)OC(c3ccccc3)c3ccccc3)c3csc(N)n3)[C@H]2SC1. The van der Waals surface area contributed by atoms with E-state index in [2.05, 4.69) is 15.5 Å². The van der Waals surface area contributed by atoms with Crippen molar-refractivity contribution in [2.45, 2.75) is 17.5 Å². The number of aliphatic carboxylic acids is 1. The summed E-state index contributed by atoms with van der Waals surface area (Å²) >= 11 is 3.89. The third-order valence-corrected chi connectivity index (χ3v) is 9.28. The minimum absolute atomic E-state index is 0.0501. The number of carbonyl (C=O) groups is 4. The first-order chi connectivity index (χ1) is 21.3. The van der Waals surface area contributed by atoms with Gasteiger partial charge in [0.25, 0.3) is 11.8 Å². The number of amides is 2. The molecule has 2 aromatic carbocycles. The maximum atomic E-state index is 13.4. The number of hydrogen-bond donors (Lipinski definition) is 3. The Hall–Kier alpha value is -4.34. The number of oxime groups is 1. The number of nitrogens with two attached hydrogens (primary N) is 1. The van der Waals surface area contributed by atoms with Crippen molar-refractivity contribution < 1.29 is 33.9 Å². The summed E-state index contributed by atoms with van der Waals surface area (Å²) in [5.41, 5.74) is 7.65. The van der Waals surface area contributed by atoms with E-state index in [0.29, 0.717) is 17.1 Å². The van der Waals surface area contributed by atoms with E-state index in [9.17, 15) is 24.3 Å². The lowest BCUT2D eigenvalue weighted by atomic mass is 10.0. The first-order valence-corrected chi connectivity index (χ1v) is 16.5. The number of anilines is 1. The largest absolute Gasteiger partial charge is 0.477 e. The summed E-state index contributed by atoms with van der Waals surface area (Å²) in [7, 11) is 0. The molecule has 2 aliphatic heterocycles. The maximum Gasteiger partial charge on any atom is 0.352 e. The number of esters is 1. The Labute approximate surface area is 264 Å². The molecule has 0 spiro atoms. The minimum Gasteiger partial charge on any atom is -0.477 e. The van der Waals surface area contributed by atoms with Gasteiger partial charge in [0.1, 0.15) is 22.8 Å². The average Bonchev–Trinajstić information content (AvgIpc) is 3.46. The summed E-state index contributed by atoms with van der Waals surface area (Å²) in [6.45, 7) is -0.619. The van der Waals surface area contributed by atoms with E-state index in [0.717, 1.165) is 22.5 Å². The second-order valence-corrected chi connectivity index (χ2v) is 12.4. The van der Waals surface area contributed by atoms with E-state index >= 15 is 0 Å². The summed E-state index contributed by atoms with van der Waals surface area (Å²) in [4.78, 5) is 61.7. The van der Waals surface area contributed by atoms with Crippen LogP contribution in [0.2, 0.25) is 0 Å². The van der Waals surface area contributed by atoms with E-state index in [4.69, 9.17) is 15.3 Å². The molecule has 44 heavy (non-hydrogen) atoms. The van der Waals surface area contributed by atoms with Crippen LogP contribution in [0.3, 0.4) is 0 Å². The highest BCUT2D eigenvalue weighted by Crippen LogP contribution is 2.41. The summed E-state index contributed by atoms with van der Waals surface area (Å²) < 4.78 is 5.72. The lowest BCUT2D eigenvalue weighted by molar-refractivity contribution is -0.153. The summed E-state index contributed by atoms with van der Waals surface area (Å²) in [5, 5.41) is 17.3. The van der Waals surface area contributed by atoms with E-state index in [-0.39, 0.29) is 22.2 Å². The molecule has 1 aromatic heterocycles. The predicted molar refractivity (Wildman–Crippen MR) is 168 cm³/mol. The van der Waals surface area contributed by atoms with E-state index < -0.39 is 47.9 Å². The molecule has 5 rings (SSSR count). The van der Waals surface area contributed by atoms with Gasteiger partial charge in [0, 0.05) is 16.9 Å². The molecule has 0 aliphatic carbocycles. The molecular formula is C29H27N5O7S3. The highest BCUT2D eigenvalue weighted by atomic mass is 32.2. The van der Waals surface area contributed by atoms with Crippen LogP contribution in [0.4, 0.5) is 5.13 Å². The molecular weight excluding hydrogens is 627 g/mol. The maximum absolute atomic E-state index is 13.4. The number of carboxylic acid groups (broad SMARTS) is 1. The Bertz CT molecular complexity index is 1570. The first-order valence-electron chi connectivity index (χ1n) is 13.2. The number of ether oxygens (including phenoxy) is 1. The zero-order valence-corrected chi connectivity index (χ0v) is 25.7. The molecule has 4 N–H and O–H groups in total. The fourth-order valence-electron chi connectivity index (χ4n) is 4.68. The highest BCUT2D eigenvalue weighted by Gasteiger charge is 2.54. The minimum atomic E-state index is -1.19. The van der Waals surface area contributed by atoms with Crippen LogP contribution >= 0.6 is 34.9 Å². The number of nitrogens with one attached hydrogen (secondary N) is 1. The van der Waals surface area contributed by atoms with Gasteiger partial charge in [0.2, 0.25) is 6.61 Å². The molecule has 2 amide bonds. The van der Waals surface area contributed by atoms with Crippen molar-refractivity contribution in [3.8, 4) is 0 Å². The van der Waals surface area contributed by atoms with Gasteiger partial charge in [-0.15, -0.1) is 23.1 Å². The Morgan fingerprint density at radius 3 is 2.39 bits per heavy atom. The van der Waals surface area contributed by atoms with Gasteiger partial charge in [-0.1, -0.05) is 65.8 Å². The smallest absolute Gasteiger partial charge is 0.352 e. The molecule has 1 saturated heterocycles. The number of nitrogens with zero attached hydrogens (tertiary/aromatic N) is 3. The molecule has 228 valence electrons. The number of aromatic nitrogens is 1. The molecule has 15 heteroatoms. The number of rotatable bonds is 12. The van der Waals surface area contributed by atoms with Gasteiger partial charge in [-0.2, -0.15) is 11.8 Å². The van der Waals surface area contributed by atoms with E-state index in [1.807, 2.05) is 66.9 Å². The van der Waals surface area contributed by atoms with E-state index in [1.54, 1.807) is 0 Å². The van der Waals surface area contributed by atoms with Crippen LogP contribution in [0.25, 0.3) is 0 Å². The Morgan fingerprint density at radius 2 is 1.82 bits per heavy atom. The molecule has 1 fully saturated rings. The lowest BCUT2D eigenvalue weighted by Crippen LogP contribution is -2.71. The van der Waals surface area contributed by atoms with Gasteiger partial charge in [-0.05, 0) is 23.0 Å². The number of carboxylic acids is 1. The third kappa shape index (κ3) is 6.74. The second kappa shape index (κ2) is 14.0. The number of nitrogen functional groups attached to an aromatic ring is 1. The number of thioether (sulfide) groups is 2. The molecule has 0 radical (unpaired) electrons. The van der Waals surface area contributed by atoms with Gasteiger partial charge in [-0.3, -0.25) is 14.5 Å². The van der Waals surface area contributed by atoms with Crippen LogP contribution in [0.1, 0.15) is 22.9 Å². The Morgan fingerprint density at radius 1 is 1.16 bits per heavy atom. The Kier molecular flexibility index (Phi) is 9.87. The predicted octanol–water partition coefficient (Wildman–Crippen LogP) is 2.88. The summed E-state index contributed by atoms with van der Waals surface area (Å²) in [5.74, 6) is -2.40. The number of hydrogen-bond acceptors (Lipinski definition) is 12. The fraction of sp³-hybridized carbons (Fsp3) is 0.241. The number of thiazole rings is 1. The fourth-order valence-corrected chi connectivity index (χ4v) is 7.29. The molecule has 2 aliphatic rings. The lowest BCUT2D eigenvalue weighted by Gasteiger charge is -2.49. The second-order valence-electron chi connectivity index (χ2n) is 9.53. The van der Waals surface area contributed by atoms with Gasteiger partial charge in [-0.25, -0.2) is 14.6 Å². The Balaban J connectivity index is 1.28. The number of benzene rings is 2. The summed E-state index contributed by atoms with van der Waals surface area (Å²) in [6, 6.07) is 17.4. The van der Waals surface area contributed by atoms with E-state index in [1.165, 1.54) is 33.8 Å². The molecule has 0 saturated carbocycles.